The maximum Gasteiger partial charge on any atom is 0.0746 e. The van der Waals surface area contributed by atoms with Crippen molar-refractivity contribution >= 4 is 34.6 Å². The maximum absolute atomic E-state index is 10.1. The Labute approximate surface area is 117 Å². The van der Waals surface area contributed by atoms with Crippen LogP contribution in [0.1, 0.15) is 26.2 Å². The van der Waals surface area contributed by atoms with Crippen molar-refractivity contribution in [3.05, 3.63) is 22.2 Å². The first-order chi connectivity index (χ1) is 8.39. The van der Waals surface area contributed by atoms with E-state index in [0.717, 1.165) is 31.6 Å². The number of aliphatic hydroxyl groups is 1. The zero-order chi connectivity index (χ0) is 13.3. The third-order valence-electron chi connectivity index (χ3n) is 3.42. The van der Waals surface area contributed by atoms with Crippen molar-refractivity contribution in [1.29, 1.82) is 0 Å². The average Bonchev–Trinajstić information content (AvgIpc) is 2.39. The highest BCUT2D eigenvalue weighted by Crippen LogP contribution is 2.37. The number of rotatable bonds is 1. The van der Waals surface area contributed by atoms with Gasteiger partial charge < -0.3 is 15.7 Å². The molecule has 18 heavy (non-hydrogen) atoms. The van der Waals surface area contributed by atoms with E-state index in [1.54, 1.807) is 12.1 Å². The molecule has 1 aromatic carbocycles. The van der Waals surface area contributed by atoms with Crippen LogP contribution >= 0.6 is 23.2 Å². The van der Waals surface area contributed by atoms with E-state index in [9.17, 15) is 5.11 Å². The van der Waals surface area contributed by atoms with Gasteiger partial charge in [0.25, 0.3) is 0 Å². The minimum atomic E-state index is -0.596. The Bertz CT molecular complexity index is 426. The Kier molecular flexibility index (Phi) is 3.95. The van der Waals surface area contributed by atoms with Gasteiger partial charge in [-0.2, -0.15) is 0 Å². The summed E-state index contributed by atoms with van der Waals surface area (Å²) in [6.45, 7) is 3.47. The molecule has 1 unspecified atom stereocenters. The van der Waals surface area contributed by atoms with E-state index in [2.05, 4.69) is 4.90 Å². The average molecular weight is 289 g/mol. The number of benzene rings is 1. The fourth-order valence-corrected chi connectivity index (χ4v) is 3.12. The van der Waals surface area contributed by atoms with Crippen LogP contribution in [-0.4, -0.2) is 23.8 Å². The summed E-state index contributed by atoms with van der Waals surface area (Å²) in [6, 6.07) is 3.43. The molecule has 0 amide bonds. The monoisotopic (exact) mass is 288 g/mol. The Morgan fingerprint density at radius 1 is 1.22 bits per heavy atom. The zero-order valence-electron chi connectivity index (χ0n) is 10.4. The molecule has 0 bridgehead atoms. The van der Waals surface area contributed by atoms with Crippen LogP contribution in [0.25, 0.3) is 0 Å². The molecule has 5 heteroatoms. The van der Waals surface area contributed by atoms with Gasteiger partial charge in [0, 0.05) is 18.8 Å². The van der Waals surface area contributed by atoms with Crippen LogP contribution in [0.15, 0.2) is 12.1 Å². The number of hydrogen-bond donors (Lipinski definition) is 2. The molecule has 100 valence electrons. The SMILES string of the molecule is CC1(O)CCCN(c2c(Cl)cc(N)cc2Cl)CC1. The molecule has 0 aliphatic carbocycles. The second-order valence-electron chi connectivity index (χ2n) is 5.17. The number of anilines is 2. The van der Waals surface area contributed by atoms with Gasteiger partial charge in [-0.3, -0.25) is 0 Å². The molecule has 2 rings (SSSR count). The molecule has 0 aromatic heterocycles. The summed E-state index contributed by atoms with van der Waals surface area (Å²) >= 11 is 12.4. The van der Waals surface area contributed by atoms with E-state index >= 15 is 0 Å². The van der Waals surface area contributed by atoms with Gasteiger partial charge in [0.2, 0.25) is 0 Å². The lowest BCUT2D eigenvalue weighted by atomic mass is 9.98. The summed E-state index contributed by atoms with van der Waals surface area (Å²) < 4.78 is 0. The molecular formula is C13H18Cl2N2O. The minimum absolute atomic E-state index is 0.565. The molecule has 1 aliphatic rings. The van der Waals surface area contributed by atoms with E-state index in [1.807, 2.05) is 6.92 Å². The highest BCUT2D eigenvalue weighted by Gasteiger charge is 2.26. The first-order valence-electron chi connectivity index (χ1n) is 6.11. The lowest BCUT2D eigenvalue weighted by Crippen LogP contribution is -2.28. The number of nitrogens with two attached hydrogens (primary N) is 1. The third kappa shape index (κ3) is 3.02. The summed E-state index contributed by atoms with van der Waals surface area (Å²) in [6.07, 6.45) is 2.43. The van der Waals surface area contributed by atoms with E-state index in [4.69, 9.17) is 28.9 Å². The fraction of sp³-hybridized carbons (Fsp3) is 0.538. The van der Waals surface area contributed by atoms with Crippen LogP contribution < -0.4 is 10.6 Å². The van der Waals surface area contributed by atoms with Crippen molar-refractivity contribution in [2.75, 3.05) is 23.7 Å². The Hall–Kier alpha value is -0.640. The molecule has 1 atom stereocenters. The first-order valence-corrected chi connectivity index (χ1v) is 6.86. The Morgan fingerprint density at radius 2 is 1.83 bits per heavy atom. The second-order valence-corrected chi connectivity index (χ2v) is 5.99. The van der Waals surface area contributed by atoms with Gasteiger partial charge in [-0.25, -0.2) is 0 Å². The molecule has 1 aliphatic heterocycles. The normalized spacial score (nSPS) is 25.0. The zero-order valence-corrected chi connectivity index (χ0v) is 11.9. The molecule has 3 N–H and O–H groups in total. The first kappa shape index (κ1) is 13.8. The van der Waals surface area contributed by atoms with Crippen molar-refractivity contribution in [3.8, 4) is 0 Å². The van der Waals surface area contributed by atoms with Gasteiger partial charge >= 0.3 is 0 Å². The molecular weight excluding hydrogens is 271 g/mol. The lowest BCUT2D eigenvalue weighted by Gasteiger charge is -2.26. The lowest BCUT2D eigenvalue weighted by molar-refractivity contribution is 0.0481. The van der Waals surface area contributed by atoms with E-state index in [-0.39, 0.29) is 0 Å². The van der Waals surface area contributed by atoms with Crippen LogP contribution in [0.3, 0.4) is 0 Å². The summed E-state index contributed by atoms with van der Waals surface area (Å²) in [5.41, 5.74) is 6.50. The molecule has 3 nitrogen and oxygen atoms in total. The van der Waals surface area contributed by atoms with Crippen molar-refractivity contribution in [2.45, 2.75) is 31.8 Å². The van der Waals surface area contributed by atoms with Crippen LogP contribution in [0, 0.1) is 0 Å². The van der Waals surface area contributed by atoms with Gasteiger partial charge in [-0.15, -0.1) is 0 Å². The fourth-order valence-electron chi connectivity index (χ4n) is 2.37. The van der Waals surface area contributed by atoms with Gasteiger partial charge in [-0.1, -0.05) is 23.2 Å². The van der Waals surface area contributed by atoms with Crippen LogP contribution in [0.4, 0.5) is 11.4 Å². The highest BCUT2D eigenvalue weighted by molar-refractivity contribution is 6.39. The minimum Gasteiger partial charge on any atom is -0.399 e. The number of halogens is 2. The molecule has 0 radical (unpaired) electrons. The molecule has 0 spiro atoms. The summed E-state index contributed by atoms with van der Waals surface area (Å²) in [4.78, 5) is 2.13. The largest absolute Gasteiger partial charge is 0.399 e. The van der Waals surface area contributed by atoms with Crippen molar-refractivity contribution in [3.63, 3.8) is 0 Å². The number of hydrogen-bond acceptors (Lipinski definition) is 3. The molecule has 1 saturated heterocycles. The van der Waals surface area contributed by atoms with Crippen LogP contribution in [-0.2, 0) is 0 Å². The van der Waals surface area contributed by atoms with Gasteiger partial charge in [0.15, 0.2) is 0 Å². The predicted octanol–water partition coefficient (Wildman–Crippen LogP) is 3.32. The number of nitrogens with zero attached hydrogens (tertiary/aromatic N) is 1. The Morgan fingerprint density at radius 3 is 2.44 bits per heavy atom. The van der Waals surface area contributed by atoms with Gasteiger partial charge in [0.05, 0.1) is 21.3 Å². The van der Waals surface area contributed by atoms with Crippen LogP contribution in [0.2, 0.25) is 10.0 Å². The second kappa shape index (κ2) is 5.16. The maximum atomic E-state index is 10.1. The Balaban J connectivity index is 2.27. The summed E-state index contributed by atoms with van der Waals surface area (Å²) in [7, 11) is 0. The standard InChI is InChI=1S/C13H18Cl2N2O/c1-13(18)3-2-5-17(6-4-13)12-10(14)7-9(16)8-11(12)15/h7-8,18H,2-6,16H2,1H3. The van der Waals surface area contributed by atoms with Gasteiger partial charge in [0.1, 0.15) is 0 Å². The summed E-state index contributed by atoms with van der Waals surface area (Å²) in [5.74, 6) is 0. The van der Waals surface area contributed by atoms with E-state index in [0.29, 0.717) is 22.2 Å². The summed E-state index contributed by atoms with van der Waals surface area (Å²) in [5, 5.41) is 11.2. The molecule has 0 saturated carbocycles. The van der Waals surface area contributed by atoms with Crippen molar-refractivity contribution in [2.24, 2.45) is 0 Å². The van der Waals surface area contributed by atoms with E-state index in [1.165, 1.54) is 0 Å². The van der Waals surface area contributed by atoms with Gasteiger partial charge in [-0.05, 0) is 38.3 Å². The topological polar surface area (TPSA) is 49.5 Å². The van der Waals surface area contributed by atoms with Crippen LogP contribution in [0.5, 0.6) is 0 Å². The van der Waals surface area contributed by atoms with Crippen molar-refractivity contribution in [1.82, 2.24) is 0 Å². The number of nitrogen functional groups attached to an aromatic ring is 1. The van der Waals surface area contributed by atoms with E-state index < -0.39 is 5.60 Å². The molecule has 1 fully saturated rings. The quantitative estimate of drug-likeness (QED) is 0.780. The predicted molar refractivity (Wildman–Crippen MR) is 77.6 cm³/mol. The third-order valence-corrected chi connectivity index (χ3v) is 4.00. The highest BCUT2D eigenvalue weighted by atomic mass is 35.5. The van der Waals surface area contributed by atoms with Crippen molar-refractivity contribution < 1.29 is 5.11 Å². The smallest absolute Gasteiger partial charge is 0.0746 e. The molecule has 1 aromatic rings. The molecule has 1 heterocycles.